The number of carbonyl (C=O) groups is 2. The first-order valence-corrected chi connectivity index (χ1v) is 10.8. The van der Waals surface area contributed by atoms with Gasteiger partial charge in [0.2, 0.25) is 5.91 Å². The van der Waals surface area contributed by atoms with Crippen molar-refractivity contribution in [2.75, 3.05) is 18.5 Å². The van der Waals surface area contributed by atoms with Crippen LogP contribution in [0, 0.1) is 0 Å². The molecule has 1 aromatic carbocycles. The van der Waals surface area contributed by atoms with Crippen molar-refractivity contribution in [1.82, 2.24) is 5.32 Å². The summed E-state index contributed by atoms with van der Waals surface area (Å²) in [5, 5.41) is 6.82. The third-order valence-electron chi connectivity index (χ3n) is 5.02. The zero-order chi connectivity index (χ0) is 19.9. The van der Waals surface area contributed by atoms with Crippen molar-refractivity contribution >= 4 is 28.2 Å². The molecule has 0 aliphatic heterocycles. The SMILES string of the molecule is CCOC(=O)c1c(NC(=O)CNC(C)c2ccccc2)sc2c1CCCCC2. The van der Waals surface area contributed by atoms with Crippen LogP contribution in [-0.2, 0) is 22.4 Å². The Morgan fingerprint density at radius 2 is 1.89 bits per heavy atom. The highest BCUT2D eigenvalue weighted by Gasteiger charge is 2.26. The lowest BCUT2D eigenvalue weighted by Gasteiger charge is -2.14. The molecule has 28 heavy (non-hydrogen) atoms. The smallest absolute Gasteiger partial charge is 0.341 e. The van der Waals surface area contributed by atoms with Gasteiger partial charge < -0.3 is 15.4 Å². The van der Waals surface area contributed by atoms with Crippen LogP contribution in [0.1, 0.15) is 65.5 Å². The van der Waals surface area contributed by atoms with E-state index in [0.717, 1.165) is 36.8 Å². The summed E-state index contributed by atoms with van der Waals surface area (Å²) in [4.78, 5) is 26.3. The summed E-state index contributed by atoms with van der Waals surface area (Å²) in [7, 11) is 0. The predicted octanol–water partition coefficient (Wildman–Crippen LogP) is 4.48. The van der Waals surface area contributed by atoms with Gasteiger partial charge in [-0.15, -0.1) is 11.3 Å². The van der Waals surface area contributed by atoms with E-state index in [1.165, 1.54) is 22.6 Å². The van der Waals surface area contributed by atoms with Gasteiger partial charge in [0, 0.05) is 10.9 Å². The molecule has 1 unspecified atom stereocenters. The first-order chi connectivity index (χ1) is 13.6. The fraction of sp³-hybridized carbons (Fsp3) is 0.455. The Labute approximate surface area is 170 Å². The van der Waals surface area contributed by atoms with E-state index in [1.807, 2.05) is 37.3 Å². The number of aryl methyl sites for hydroxylation is 1. The lowest BCUT2D eigenvalue weighted by Crippen LogP contribution is -2.30. The molecule has 1 amide bonds. The van der Waals surface area contributed by atoms with E-state index in [1.54, 1.807) is 6.92 Å². The molecule has 150 valence electrons. The number of hydrogen-bond donors (Lipinski definition) is 2. The van der Waals surface area contributed by atoms with Gasteiger partial charge in [0.1, 0.15) is 5.00 Å². The number of nitrogens with one attached hydrogen (secondary N) is 2. The molecule has 0 radical (unpaired) electrons. The van der Waals surface area contributed by atoms with Crippen LogP contribution in [0.2, 0.25) is 0 Å². The first kappa shape index (κ1) is 20.6. The summed E-state index contributed by atoms with van der Waals surface area (Å²) in [5.74, 6) is -0.479. The minimum Gasteiger partial charge on any atom is -0.462 e. The molecule has 2 aromatic rings. The molecule has 1 heterocycles. The third-order valence-corrected chi connectivity index (χ3v) is 6.23. The van der Waals surface area contributed by atoms with Gasteiger partial charge in [0.25, 0.3) is 0 Å². The molecule has 2 N–H and O–H groups in total. The van der Waals surface area contributed by atoms with E-state index in [2.05, 4.69) is 10.6 Å². The molecule has 0 saturated carbocycles. The molecule has 0 bridgehead atoms. The molecular weight excluding hydrogens is 372 g/mol. The summed E-state index contributed by atoms with van der Waals surface area (Å²) < 4.78 is 5.27. The number of hydrogen-bond acceptors (Lipinski definition) is 5. The van der Waals surface area contributed by atoms with E-state index in [-0.39, 0.29) is 24.5 Å². The molecule has 3 rings (SSSR count). The Morgan fingerprint density at radius 1 is 1.14 bits per heavy atom. The van der Waals surface area contributed by atoms with Gasteiger partial charge in [-0.1, -0.05) is 36.8 Å². The monoisotopic (exact) mass is 400 g/mol. The highest BCUT2D eigenvalue weighted by Crippen LogP contribution is 2.38. The summed E-state index contributed by atoms with van der Waals surface area (Å²) in [6.45, 7) is 4.34. The summed E-state index contributed by atoms with van der Waals surface area (Å²) in [6, 6.07) is 10.1. The summed E-state index contributed by atoms with van der Waals surface area (Å²) in [6.07, 6.45) is 5.20. The van der Waals surface area contributed by atoms with Crippen molar-refractivity contribution in [3.05, 3.63) is 51.9 Å². The fourth-order valence-corrected chi connectivity index (χ4v) is 4.82. The topological polar surface area (TPSA) is 67.4 Å². The molecule has 0 spiro atoms. The number of fused-ring (bicyclic) bond motifs is 1. The number of thiophene rings is 1. The highest BCUT2D eigenvalue weighted by molar-refractivity contribution is 7.17. The highest BCUT2D eigenvalue weighted by atomic mass is 32.1. The Kier molecular flexibility index (Phi) is 7.23. The molecule has 1 atom stereocenters. The van der Waals surface area contributed by atoms with Crippen LogP contribution in [0.3, 0.4) is 0 Å². The van der Waals surface area contributed by atoms with Gasteiger partial charge in [0.05, 0.1) is 18.7 Å². The maximum atomic E-state index is 12.6. The second-order valence-electron chi connectivity index (χ2n) is 7.05. The predicted molar refractivity (Wildman–Crippen MR) is 113 cm³/mol. The van der Waals surface area contributed by atoms with Crippen molar-refractivity contribution in [3.63, 3.8) is 0 Å². The zero-order valence-electron chi connectivity index (χ0n) is 16.5. The molecule has 0 saturated heterocycles. The number of benzene rings is 1. The van der Waals surface area contributed by atoms with Crippen LogP contribution >= 0.6 is 11.3 Å². The van der Waals surface area contributed by atoms with Gasteiger partial charge >= 0.3 is 5.97 Å². The second-order valence-corrected chi connectivity index (χ2v) is 8.16. The Balaban J connectivity index is 1.70. The average molecular weight is 401 g/mol. The number of ether oxygens (including phenoxy) is 1. The van der Waals surface area contributed by atoms with Crippen molar-refractivity contribution < 1.29 is 14.3 Å². The maximum absolute atomic E-state index is 12.6. The van der Waals surface area contributed by atoms with Gasteiger partial charge in [0.15, 0.2) is 0 Å². The van der Waals surface area contributed by atoms with E-state index >= 15 is 0 Å². The van der Waals surface area contributed by atoms with Gasteiger partial charge in [-0.25, -0.2) is 4.79 Å². The van der Waals surface area contributed by atoms with Crippen LogP contribution in [-0.4, -0.2) is 25.0 Å². The lowest BCUT2D eigenvalue weighted by molar-refractivity contribution is -0.115. The summed E-state index contributed by atoms with van der Waals surface area (Å²) >= 11 is 1.53. The van der Waals surface area contributed by atoms with Crippen molar-refractivity contribution in [2.45, 2.75) is 52.0 Å². The molecule has 6 heteroatoms. The molecule has 0 fully saturated rings. The normalized spacial score (nSPS) is 14.6. The van der Waals surface area contributed by atoms with E-state index in [9.17, 15) is 9.59 Å². The zero-order valence-corrected chi connectivity index (χ0v) is 17.4. The second kappa shape index (κ2) is 9.85. The largest absolute Gasteiger partial charge is 0.462 e. The van der Waals surface area contributed by atoms with Crippen molar-refractivity contribution in [1.29, 1.82) is 0 Å². The first-order valence-electron chi connectivity index (χ1n) is 10.00. The minimum atomic E-state index is -0.331. The molecular formula is C22H28N2O3S. The third kappa shape index (κ3) is 5.00. The van der Waals surface area contributed by atoms with Crippen LogP contribution in [0.15, 0.2) is 30.3 Å². The molecule has 1 aromatic heterocycles. The number of amides is 1. The van der Waals surface area contributed by atoms with Crippen LogP contribution < -0.4 is 10.6 Å². The van der Waals surface area contributed by atoms with Crippen LogP contribution in [0.25, 0.3) is 0 Å². The van der Waals surface area contributed by atoms with Crippen LogP contribution in [0.5, 0.6) is 0 Å². The van der Waals surface area contributed by atoms with Gasteiger partial charge in [-0.05, 0) is 50.7 Å². The minimum absolute atomic E-state index is 0.0662. The average Bonchev–Trinajstić information content (AvgIpc) is 2.87. The quantitative estimate of drug-likeness (QED) is 0.531. The van der Waals surface area contributed by atoms with E-state index in [0.29, 0.717) is 17.2 Å². The number of carbonyl (C=O) groups excluding carboxylic acids is 2. The lowest BCUT2D eigenvalue weighted by atomic mass is 10.1. The Morgan fingerprint density at radius 3 is 2.64 bits per heavy atom. The van der Waals surface area contributed by atoms with Crippen molar-refractivity contribution in [3.8, 4) is 0 Å². The van der Waals surface area contributed by atoms with E-state index in [4.69, 9.17) is 4.74 Å². The molecule has 1 aliphatic carbocycles. The number of anilines is 1. The van der Waals surface area contributed by atoms with E-state index < -0.39 is 0 Å². The van der Waals surface area contributed by atoms with Gasteiger partial charge in [-0.2, -0.15) is 0 Å². The fourth-order valence-electron chi connectivity index (χ4n) is 3.53. The summed E-state index contributed by atoms with van der Waals surface area (Å²) in [5.41, 5.74) is 2.76. The number of esters is 1. The van der Waals surface area contributed by atoms with Crippen molar-refractivity contribution in [2.24, 2.45) is 0 Å². The Hall–Kier alpha value is -2.18. The molecule has 1 aliphatic rings. The standard InChI is InChI=1S/C22H28N2O3S/c1-3-27-22(26)20-17-12-8-5-9-13-18(17)28-21(20)24-19(25)14-23-15(2)16-10-6-4-7-11-16/h4,6-7,10-11,15,23H,3,5,8-9,12-14H2,1-2H3,(H,24,25). The Bertz CT molecular complexity index is 817. The van der Waals surface area contributed by atoms with Gasteiger partial charge in [-0.3, -0.25) is 4.79 Å². The maximum Gasteiger partial charge on any atom is 0.341 e. The number of rotatable bonds is 7. The van der Waals surface area contributed by atoms with Crippen LogP contribution in [0.4, 0.5) is 5.00 Å². The molecule has 5 nitrogen and oxygen atoms in total.